The van der Waals surface area contributed by atoms with E-state index in [1.165, 1.54) is 11.6 Å². The van der Waals surface area contributed by atoms with Crippen molar-refractivity contribution in [3.8, 4) is 0 Å². The second kappa shape index (κ2) is 4.77. The molecule has 0 unspecified atom stereocenters. The number of halogens is 2. The lowest BCUT2D eigenvalue weighted by atomic mass is 10.0. The molecular formula is C12H13ClFN. The van der Waals surface area contributed by atoms with Crippen molar-refractivity contribution in [2.45, 2.75) is 12.8 Å². The third-order valence-electron chi connectivity index (χ3n) is 2.52. The fourth-order valence-electron chi connectivity index (χ4n) is 1.74. The molecule has 1 aliphatic heterocycles. The smallest absolute Gasteiger partial charge is 0.142 e. The van der Waals surface area contributed by atoms with Gasteiger partial charge in [0.05, 0.1) is 5.02 Å². The van der Waals surface area contributed by atoms with Crippen LogP contribution in [0.4, 0.5) is 4.39 Å². The summed E-state index contributed by atoms with van der Waals surface area (Å²) in [6, 6.07) is 4.91. The quantitative estimate of drug-likeness (QED) is 0.774. The van der Waals surface area contributed by atoms with Gasteiger partial charge in [0, 0.05) is 6.54 Å². The van der Waals surface area contributed by atoms with Gasteiger partial charge >= 0.3 is 0 Å². The van der Waals surface area contributed by atoms with Crippen molar-refractivity contribution >= 4 is 17.7 Å². The molecule has 1 heterocycles. The zero-order valence-electron chi connectivity index (χ0n) is 8.39. The SMILES string of the molecule is Fc1cc(/C=C2/CCCNC2)ccc1Cl. The fraction of sp³-hybridized carbons (Fsp3) is 0.333. The van der Waals surface area contributed by atoms with Gasteiger partial charge in [-0.25, -0.2) is 4.39 Å². The Morgan fingerprint density at radius 3 is 2.93 bits per heavy atom. The highest BCUT2D eigenvalue weighted by Crippen LogP contribution is 2.19. The summed E-state index contributed by atoms with van der Waals surface area (Å²) in [6.45, 7) is 1.98. The Morgan fingerprint density at radius 2 is 2.27 bits per heavy atom. The van der Waals surface area contributed by atoms with Gasteiger partial charge in [0.15, 0.2) is 0 Å². The van der Waals surface area contributed by atoms with Gasteiger partial charge in [-0.3, -0.25) is 0 Å². The number of hydrogen-bond acceptors (Lipinski definition) is 1. The number of benzene rings is 1. The zero-order chi connectivity index (χ0) is 10.7. The Hall–Kier alpha value is -0.860. The molecule has 0 saturated carbocycles. The molecule has 1 aromatic rings. The molecule has 1 saturated heterocycles. The van der Waals surface area contributed by atoms with Crippen LogP contribution in [-0.2, 0) is 0 Å². The maximum atomic E-state index is 13.2. The highest BCUT2D eigenvalue weighted by molar-refractivity contribution is 6.30. The van der Waals surface area contributed by atoms with Crippen LogP contribution in [0.2, 0.25) is 5.02 Å². The molecule has 0 aliphatic carbocycles. The maximum absolute atomic E-state index is 13.2. The fourth-order valence-corrected chi connectivity index (χ4v) is 1.86. The minimum absolute atomic E-state index is 0.180. The molecule has 0 amide bonds. The van der Waals surface area contributed by atoms with Crippen molar-refractivity contribution in [2.24, 2.45) is 0 Å². The van der Waals surface area contributed by atoms with Crippen LogP contribution in [0, 0.1) is 5.82 Å². The highest BCUT2D eigenvalue weighted by Gasteiger charge is 2.05. The van der Waals surface area contributed by atoms with E-state index in [1.807, 2.05) is 12.1 Å². The molecule has 2 rings (SSSR count). The normalized spacial score (nSPS) is 19.5. The van der Waals surface area contributed by atoms with Crippen LogP contribution in [0.5, 0.6) is 0 Å². The summed E-state index contributed by atoms with van der Waals surface area (Å²) >= 11 is 5.62. The van der Waals surface area contributed by atoms with Gasteiger partial charge in [-0.2, -0.15) is 0 Å². The van der Waals surface area contributed by atoms with E-state index in [-0.39, 0.29) is 10.8 Å². The first-order valence-electron chi connectivity index (χ1n) is 5.11. The Labute approximate surface area is 93.9 Å². The van der Waals surface area contributed by atoms with Crippen LogP contribution in [0.25, 0.3) is 6.08 Å². The second-order valence-electron chi connectivity index (χ2n) is 3.76. The van der Waals surface area contributed by atoms with E-state index in [0.717, 1.165) is 31.5 Å². The van der Waals surface area contributed by atoms with Crippen molar-refractivity contribution in [3.05, 3.63) is 40.2 Å². The molecule has 80 valence electrons. The van der Waals surface area contributed by atoms with Crippen LogP contribution in [0.15, 0.2) is 23.8 Å². The summed E-state index contributed by atoms with van der Waals surface area (Å²) < 4.78 is 13.2. The van der Waals surface area contributed by atoms with Crippen LogP contribution in [-0.4, -0.2) is 13.1 Å². The van der Waals surface area contributed by atoms with Crippen LogP contribution < -0.4 is 5.32 Å². The average Bonchev–Trinajstić information content (AvgIpc) is 2.25. The predicted octanol–water partition coefficient (Wildman–Crippen LogP) is 3.25. The van der Waals surface area contributed by atoms with Crippen LogP contribution in [0.3, 0.4) is 0 Å². The molecule has 3 heteroatoms. The van der Waals surface area contributed by atoms with Gasteiger partial charge < -0.3 is 5.32 Å². The van der Waals surface area contributed by atoms with E-state index in [1.54, 1.807) is 6.07 Å². The topological polar surface area (TPSA) is 12.0 Å². The minimum atomic E-state index is -0.352. The highest BCUT2D eigenvalue weighted by atomic mass is 35.5. The summed E-state index contributed by atoms with van der Waals surface area (Å²) in [5, 5.41) is 3.47. The van der Waals surface area contributed by atoms with Crippen molar-refractivity contribution in [1.29, 1.82) is 0 Å². The van der Waals surface area contributed by atoms with E-state index < -0.39 is 0 Å². The van der Waals surface area contributed by atoms with Gasteiger partial charge in [-0.15, -0.1) is 0 Å². The largest absolute Gasteiger partial charge is 0.313 e. The van der Waals surface area contributed by atoms with Crippen molar-refractivity contribution < 1.29 is 4.39 Å². The summed E-state index contributed by atoms with van der Waals surface area (Å²) in [5.74, 6) is -0.352. The molecule has 1 fully saturated rings. The molecule has 0 radical (unpaired) electrons. The van der Waals surface area contributed by atoms with E-state index in [4.69, 9.17) is 11.6 Å². The van der Waals surface area contributed by atoms with Crippen molar-refractivity contribution in [1.82, 2.24) is 5.32 Å². The lowest BCUT2D eigenvalue weighted by Crippen LogP contribution is -2.23. The van der Waals surface area contributed by atoms with Crippen molar-refractivity contribution in [2.75, 3.05) is 13.1 Å². The Morgan fingerprint density at radius 1 is 1.40 bits per heavy atom. The van der Waals surface area contributed by atoms with E-state index >= 15 is 0 Å². The van der Waals surface area contributed by atoms with E-state index in [0.29, 0.717) is 0 Å². The molecule has 15 heavy (non-hydrogen) atoms. The standard InChI is InChI=1S/C12H13ClFN/c13-11-4-3-9(7-12(11)14)6-10-2-1-5-15-8-10/h3-4,6-7,15H,1-2,5,8H2/b10-6-. The summed E-state index contributed by atoms with van der Waals surface area (Å²) in [4.78, 5) is 0. The molecule has 0 atom stereocenters. The predicted molar refractivity (Wildman–Crippen MR) is 61.5 cm³/mol. The second-order valence-corrected chi connectivity index (χ2v) is 4.16. The summed E-state index contributed by atoms with van der Waals surface area (Å²) in [7, 11) is 0. The first kappa shape index (κ1) is 10.7. The molecule has 1 nitrogen and oxygen atoms in total. The molecule has 0 bridgehead atoms. The summed E-state index contributed by atoms with van der Waals surface area (Å²) in [6.07, 6.45) is 4.28. The first-order valence-corrected chi connectivity index (χ1v) is 5.49. The molecule has 0 aromatic heterocycles. The third kappa shape index (κ3) is 2.80. The Kier molecular flexibility index (Phi) is 3.39. The molecule has 1 aromatic carbocycles. The third-order valence-corrected chi connectivity index (χ3v) is 2.82. The number of hydrogen-bond donors (Lipinski definition) is 1. The summed E-state index contributed by atoms with van der Waals surface area (Å²) in [5.41, 5.74) is 2.21. The number of rotatable bonds is 1. The average molecular weight is 226 g/mol. The van der Waals surface area contributed by atoms with Crippen LogP contribution >= 0.6 is 11.6 Å². The van der Waals surface area contributed by atoms with Crippen LogP contribution in [0.1, 0.15) is 18.4 Å². The lowest BCUT2D eigenvalue weighted by Gasteiger charge is -2.15. The van der Waals surface area contributed by atoms with E-state index in [2.05, 4.69) is 5.32 Å². The monoisotopic (exact) mass is 225 g/mol. The Bertz CT molecular complexity index is 379. The van der Waals surface area contributed by atoms with Gasteiger partial charge in [0.25, 0.3) is 0 Å². The molecular weight excluding hydrogens is 213 g/mol. The zero-order valence-corrected chi connectivity index (χ0v) is 9.15. The molecule has 0 spiro atoms. The minimum Gasteiger partial charge on any atom is -0.313 e. The number of nitrogens with one attached hydrogen (secondary N) is 1. The number of piperidine rings is 1. The maximum Gasteiger partial charge on any atom is 0.142 e. The van der Waals surface area contributed by atoms with Gasteiger partial charge in [-0.05, 0) is 37.1 Å². The lowest BCUT2D eigenvalue weighted by molar-refractivity contribution is 0.612. The van der Waals surface area contributed by atoms with Crippen molar-refractivity contribution in [3.63, 3.8) is 0 Å². The van der Waals surface area contributed by atoms with Gasteiger partial charge in [-0.1, -0.05) is 29.3 Å². The first-order chi connectivity index (χ1) is 7.25. The van der Waals surface area contributed by atoms with Gasteiger partial charge in [0.1, 0.15) is 5.82 Å². The molecule has 1 N–H and O–H groups in total. The van der Waals surface area contributed by atoms with Gasteiger partial charge in [0.2, 0.25) is 0 Å². The van der Waals surface area contributed by atoms with E-state index in [9.17, 15) is 4.39 Å². The Balaban J connectivity index is 2.18. The molecule has 1 aliphatic rings.